The fourth-order valence-corrected chi connectivity index (χ4v) is 3.12. The van der Waals surface area contributed by atoms with Gasteiger partial charge in [-0.2, -0.15) is 5.10 Å². The maximum atomic E-state index is 12.3. The average Bonchev–Trinajstić information content (AvgIpc) is 3.04. The topological polar surface area (TPSA) is 91.8 Å². The maximum absolute atomic E-state index is 12.3. The highest BCUT2D eigenvalue weighted by Gasteiger charge is 2.12. The summed E-state index contributed by atoms with van der Waals surface area (Å²) in [7, 11) is 0. The van der Waals surface area contributed by atoms with Crippen molar-refractivity contribution in [3.05, 3.63) is 63.3 Å². The van der Waals surface area contributed by atoms with Crippen molar-refractivity contribution in [3.8, 4) is 11.4 Å². The summed E-state index contributed by atoms with van der Waals surface area (Å²) in [5, 5.41) is 12.5. The summed E-state index contributed by atoms with van der Waals surface area (Å²) in [6.45, 7) is 2.25. The van der Waals surface area contributed by atoms with Gasteiger partial charge in [0.1, 0.15) is 6.54 Å². The van der Waals surface area contributed by atoms with Crippen molar-refractivity contribution in [2.24, 2.45) is 0 Å². The number of benzene rings is 2. The summed E-state index contributed by atoms with van der Waals surface area (Å²) in [5.74, 6) is 0.179. The first-order valence-electron chi connectivity index (χ1n) is 8.97. The molecule has 0 saturated heterocycles. The van der Waals surface area contributed by atoms with Gasteiger partial charge in [-0.3, -0.25) is 19.3 Å². The first kappa shape index (κ1) is 20.9. The molecule has 29 heavy (non-hydrogen) atoms. The summed E-state index contributed by atoms with van der Waals surface area (Å²) >= 11 is 8.60. The molecule has 0 saturated carbocycles. The number of carbonyl (C=O) groups excluding carboxylic acids is 2. The van der Waals surface area contributed by atoms with Crippen LogP contribution in [0, 0.1) is 11.7 Å². The van der Waals surface area contributed by atoms with Crippen molar-refractivity contribution >= 4 is 45.6 Å². The zero-order valence-electron chi connectivity index (χ0n) is 15.7. The van der Waals surface area contributed by atoms with Gasteiger partial charge in [-0.25, -0.2) is 0 Å². The van der Waals surface area contributed by atoms with Gasteiger partial charge in [-0.05, 0) is 43.4 Å². The molecule has 0 aliphatic heterocycles. The largest absolute Gasteiger partial charge is 0.354 e. The minimum atomic E-state index is -0.243. The highest BCUT2D eigenvalue weighted by Crippen LogP contribution is 2.18. The lowest BCUT2D eigenvalue weighted by Crippen LogP contribution is -2.30. The van der Waals surface area contributed by atoms with E-state index in [-0.39, 0.29) is 31.3 Å². The molecule has 3 rings (SSSR count). The molecule has 2 aromatic carbocycles. The van der Waals surface area contributed by atoms with Gasteiger partial charge in [-0.15, -0.1) is 0 Å². The van der Waals surface area contributed by atoms with Gasteiger partial charge in [0, 0.05) is 28.7 Å². The Morgan fingerprint density at radius 1 is 1.10 bits per heavy atom. The summed E-state index contributed by atoms with van der Waals surface area (Å²) in [6.07, 6.45) is 0.170. The van der Waals surface area contributed by atoms with Crippen LogP contribution in [-0.4, -0.2) is 33.1 Å². The van der Waals surface area contributed by atoms with E-state index in [1.54, 1.807) is 16.7 Å². The lowest BCUT2D eigenvalue weighted by Gasteiger charge is -2.09. The number of nitrogens with one attached hydrogen (secondary N) is 3. The number of aromatic amines is 1. The van der Waals surface area contributed by atoms with Crippen molar-refractivity contribution in [1.82, 2.24) is 20.1 Å². The van der Waals surface area contributed by atoms with Crippen molar-refractivity contribution in [1.29, 1.82) is 0 Å². The Bertz CT molecular complexity index is 1060. The van der Waals surface area contributed by atoms with E-state index in [4.69, 9.17) is 12.2 Å². The minimum Gasteiger partial charge on any atom is -0.354 e. The van der Waals surface area contributed by atoms with Gasteiger partial charge in [0.25, 0.3) is 0 Å². The summed E-state index contributed by atoms with van der Waals surface area (Å²) in [5.41, 5.74) is 2.70. The molecule has 3 N–H and O–H groups in total. The Morgan fingerprint density at radius 3 is 2.48 bits per heavy atom. The van der Waals surface area contributed by atoms with Crippen LogP contribution in [0.4, 0.5) is 5.69 Å². The van der Waals surface area contributed by atoms with E-state index in [1.807, 2.05) is 43.3 Å². The Labute approximate surface area is 181 Å². The van der Waals surface area contributed by atoms with Gasteiger partial charge in [0.15, 0.2) is 10.6 Å². The molecule has 0 spiro atoms. The zero-order chi connectivity index (χ0) is 20.8. The predicted octanol–water partition coefficient (Wildman–Crippen LogP) is 3.82. The number of halogens is 1. The normalized spacial score (nSPS) is 10.6. The van der Waals surface area contributed by atoms with Crippen molar-refractivity contribution in [2.75, 3.05) is 11.9 Å². The van der Waals surface area contributed by atoms with Gasteiger partial charge in [0.2, 0.25) is 11.8 Å². The van der Waals surface area contributed by atoms with Crippen LogP contribution in [0.25, 0.3) is 11.4 Å². The van der Waals surface area contributed by atoms with Crippen molar-refractivity contribution < 1.29 is 9.59 Å². The number of carbonyl (C=O) groups is 2. The molecule has 7 nitrogen and oxygen atoms in total. The van der Waals surface area contributed by atoms with Crippen LogP contribution in [0.3, 0.4) is 0 Å². The van der Waals surface area contributed by atoms with Gasteiger partial charge in [-0.1, -0.05) is 45.8 Å². The molecule has 0 aliphatic carbocycles. The van der Waals surface area contributed by atoms with E-state index in [9.17, 15) is 9.59 Å². The molecule has 2 amide bonds. The molecular formula is C20H20BrN5O2S. The van der Waals surface area contributed by atoms with Crippen LogP contribution in [0.2, 0.25) is 0 Å². The number of amides is 2. The minimum absolute atomic E-state index is 0.0207. The summed E-state index contributed by atoms with van der Waals surface area (Å²) in [6, 6.07) is 15.1. The lowest BCUT2D eigenvalue weighted by atomic mass is 10.1. The van der Waals surface area contributed by atoms with Crippen LogP contribution in [0.1, 0.15) is 12.0 Å². The van der Waals surface area contributed by atoms with E-state index < -0.39 is 0 Å². The third kappa shape index (κ3) is 5.85. The highest BCUT2D eigenvalue weighted by molar-refractivity contribution is 9.10. The highest BCUT2D eigenvalue weighted by atomic mass is 79.9. The number of nitrogens with zero attached hydrogens (tertiary/aromatic N) is 2. The number of aromatic nitrogens is 3. The molecule has 0 fully saturated rings. The molecule has 0 unspecified atom stereocenters. The van der Waals surface area contributed by atoms with Crippen LogP contribution in [0.5, 0.6) is 0 Å². The third-order valence-corrected chi connectivity index (χ3v) is 5.01. The SMILES string of the molecule is Cc1ccc(-c2n[nH]c(=S)n2CC(=O)NCCC(=O)Nc2ccc(Br)cc2)cc1. The lowest BCUT2D eigenvalue weighted by molar-refractivity contribution is -0.121. The molecule has 1 heterocycles. The molecule has 1 aromatic heterocycles. The van der Waals surface area contributed by atoms with Gasteiger partial charge in [0.05, 0.1) is 0 Å². The molecule has 0 atom stereocenters. The standard InChI is InChI=1S/C20H20BrN5O2S/c1-13-2-4-14(5-3-13)19-24-25-20(29)26(19)12-18(28)22-11-10-17(27)23-16-8-6-15(21)7-9-16/h2-9H,10-12H2,1H3,(H,22,28)(H,23,27)(H,25,29). The van der Waals surface area contributed by atoms with E-state index >= 15 is 0 Å². The molecule has 0 aliphatic rings. The zero-order valence-corrected chi connectivity index (χ0v) is 18.1. The van der Waals surface area contributed by atoms with E-state index in [0.29, 0.717) is 16.3 Å². The summed E-state index contributed by atoms with van der Waals surface area (Å²) in [4.78, 5) is 24.3. The predicted molar refractivity (Wildman–Crippen MR) is 118 cm³/mol. The second kappa shape index (κ2) is 9.62. The van der Waals surface area contributed by atoms with Crippen LogP contribution < -0.4 is 10.6 Å². The fourth-order valence-electron chi connectivity index (χ4n) is 2.66. The Kier molecular flexibility index (Phi) is 6.95. The Morgan fingerprint density at radius 2 is 1.79 bits per heavy atom. The number of H-pyrrole nitrogens is 1. The third-order valence-electron chi connectivity index (χ3n) is 4.17. The Hall–Kier alpha value is -2.78. The van der Waals surface area contributed by atoms with Crippen molar-refractivity contribution in [3.63, 3.8) is 0 Å². The Balaban J connectivity index is 1.53. The smallest absolute Gasteiger partial charge is 0.240 e. The average molecular weight is 474 g/mol. The quantitative estimate of drug-likeness (QED) is 0.454. The van der Waals surface area contributed by atoms with E-state index in [2.05, 4.69) is 36.8 Å². The van der Waals surface area contributed by atoms with Gasteiger partial charge < -0.3 is 10.6 Å². The first-order valence-corrected chi connectivity index (χ1v) is 10.2. The van der Waals surface area contributed by atoms with Crippen molar-refractivity contribution in [2.45, 2.75) is 19.9 Å². The first-order chi connectivity index (χ1) is 13.9. The second-order valence-electron chi connectivity index (χ2n) is 6.46. The monoisotopic (exact) mass is 473 g/mol. The number of aryl methyl sites for hydroxylation is 1. The molecular weight excluding hydrogens is 454 g/mol. The van der Waals surface area contributed by atoms with Crippen LogP contribution in [-0.2, 0) is 16.1 Å². The van der Waals surface area contributed by atoms with Gasteiger partial charge >= 0.3 is 0 Å². The number of hydrogen-bond acceptors (Lipinski definition) is 4. The molecule has 150 valence electrons. The van der Waals surface area contributed by atoms with E-state index in [1.165, 1.54) is 0 Å². The van der Waals surface area contributed by atoms with E-state index in [0.717, 1.165) is 15.6 Å². The second-order valence-corrected chi connectivity index (χ2v) is 7.76. The molecule has 9 heteroatoms. The molecule has 0 bridgehead atoms. The number of hydrogen-bond donors (Lipinski definition) is 3. The number of anilines is 1. The maximum Gasteiger partial charge on any atom is 0.240 e. The van der Waals surface area contributed by atoms with Crippen LogP contribution >= 0.6 is 28.1 Å². The number of rotatable bonds is 7. The molecule has 3 aromatic rings. The molecule has 0 radical (unpaired) electrons. The summed E-state index contributed by atoms with van der Waals surface area (Å²) < 4.78 is 2.94. The van der Waals surface area contributed by atoms with Crippen LogP contribution in [0.15, 0.2) is 53.0 Å². The fraction of sp³-hybridized carbons (Fsp3) is 0.200.